The van der Waals surface area contributed by atoms with Crippen LogP contribution in [0.5, 0.6) is 0 Å². The maximum absolute atomic E-state index is 13.5. The molecule has 4 rings (SSSR count). The Morgan fingerprint density at radius 3 is 2.28 bits per heavy atom. The van der Waals surface area contributed by atoms with E-state index in [1.165, 1.54) is 17.0 Å². The van der Waals surface area contributed by atoms with Crippen LogP contribution in [0.25, 0.3) is 5.57 Å². The largest absolute Gasteiger partial charge is 0.396 e. The molecule has 0 aromatic heterocycles. The number of aliphatic hydroxyl groups is 1. The van der Waals surface area contributed by atoms with Crippen LogP contribution in [0, 0.1) is 11.7 Å². The summed E-state index contributed by atoms with van der Waals surface area (Å²) in [5.74, 6) is -0.749. The number of hydrogen-bond acceptors (Lipinski definition) is 4. The fourth-order valence-electron chi connectivity index (χ4n) is 4.97. The van der Waals surface area contributed by atoms with Crippen molar-refractivity contribution in [2.45, 2.75) is 57.4 Å². The Kier molecular flexibility index (Phi) is 5.99. The lowest BCUT2D eigenvalue weighted by Crippen LogP contribution is -2.44. The van der Waals surface area contributed by atoms with E-state index in [9.17, 15) is 19.1 Å². The van der Waals surface area contributed by atoms with Crippen LogP contribution >= 0.6 is 0 Å². The molecule has 5 nitrogen and oxygen atoms in total. The summed E-state index contributed by atoms with van der Waals surface area (Å²) in [5, 5.41) is 9.62. The summed E-state index contributed by atoms with van der Waals surface area (Å²) >= 11 is 0. The highest BCUT2D eigenvalue weighted by atomic mass is 19.1. The summed E-state index contributed by atoms with van der Waals surface area (Å²) in [6.07, 6.45) is 7.82. The third-order valence-electron chi connectivity index (χ3n) is 6.51. The van der Waals surface area contributed by atoms with Gasteiger partial charge in [-0.3, -0.25) is 14.5 Å². The van der Waals surface area contributed by atoms with Crippen molar-refractivity contribution in [1.29, 1.82) is 0 Å². The van der Waals surface area contributed by atoms with Crippen LogP contribution in [0.2, 0.25) is 0 Å². The molecule has 156 valence electrons. The van der Waals surface area contributed by atoms with Gasteiger partial charge in [0.25, 0.3) is 11.8 Å². The number of nitrogens with zero attached hydrogens (tertiary/aromatic N) is 2. The molecular weight excluding hydrogens is 371 g/mol. The molecule has 1 N–H and O–H groups in total. The highest BCUT2D eigenvalue weighted by molar-refractivity contribution is 6.35. The first-order valence-electron chi connectivity index (χ1n) is 10.8. The number of amides is 2. The van der Waals surface area contributed by atoms with Crippen LogP contribution < -0.4 is 0 Å². The van der Waals surface area contributed by atoms with Crippen LogP contribution in [0.15, 0.2) is 30.0 Å². The number of carbonyl (C=O) groups excluding carboxylic acids is 2. The summed E-state index contributed by atoms with van der Waals surface area (Å²) in [4.78, 5) is 30.5. The van der Waals surface area contributed by atoms with Gasteiger partial charge in [0, 0.05) is 25.7 Å². The molecule has 1 aromatic carbocycles. The maximum atomic E-state index is 13.5. The van der Waals surface area contributed by atoms with Crippen LogP contribution in [-0.2, 0) is 9.59 Å². The molecule has 3 aliphatic rings. The highest BCUT2D eigenvalue weighted by Crippen LogP contribution is 2.37. The first-order chi connectivity index (χ1) is 14.1. The second kappa shape index (κ2) is 8.66. The van der Waals surface area contributed by atoms with Gasteiger partial charge in [0.05, 0.1) is 5.57 Å². The van der Waals surface area contributed by atoms with Gasteiger partial charge in [-0.15, -0.1) is 0 Å². The van der Waals surface area contributed by atoms with E-state index in [1.54, 1.807) is 12.1 Å². The molecule has 6 heteroatoms. The van der Waals surface area contributed by atoms with Gasteiger partial charge < -0.3 is 10.0 Å². The van der Waals surface area contributed by atoms with Gasteiger partial charge in [-0.25, -0.2) is 4.39 Å². The standard InChI is InChI=1S/C23H29FN2O3/c24-18-11-9-17(10-12-18)20-21(25-13-5-6-16(14-25)15-27)23(29)26(22(20)28)19-7-3-1-2-4-8-19/h9-12,16,19,27H,1-8,13-15H2. The molecule has 0 spiro atoms. The Hall–Kier alpha value is -2.21. The smallest absolute Gasteiger partial charge is 0.278 e. The third-order valence-corrected chi connectivity index (χ3v) is 6.51. The normalized spacial score (nSPS) is 24.4. The zero-order chi connectivity index (χ0) is 20.4. The van der Waals surface area contributed by atoms with Gasteiger partial charge in [-0.05, 0) is 49.3 Å². The van der Waals surface area contributed by atoms with Gasteiger partial charge >= 0.3 is 0 Å². The lowest BCUT2D eigenvalue weighted by atomic mass is 9.97. The molecule has 1 atom stereocenters. The molecular formula is C23H29FN2O3. The lowest BCUT2D eigenvalue weighted by Gasteiger charge is -2.34. The SMILES string of the molecule is O=C1C(c2ccc(F)cc2)=C(N2CCCC(CO)C2)C(=O)N1C1CCCCCC1. The molecule has 1 saturated heterocycles. The van der Waals surface area contributed by atoms with Gasteiger partial charge in [0.15, 0.2) is 0 Å². The Morgan fingerprint density at radius 1 is 0.931 bits per heavy atom. The molecule has 1 aliphatic carbocycles. The predicted octanol–water partition coefficient (Wildman–Crippen LogP) is 3.33. The number of benzene rings is 1. The molecule has 2 fully saturated rings. The Morgan fingerprint density at radius 2 is 1.62 bits per heavy atom. The molecule has 1 unspecified atom stereocenters. The predicted molar refractivity (Wildman–Crippen MR) is 108 cm³/mol. The number of imide groups is 1. The van der Waals surface area contributed by atoms with E-state index in [4.69, 9.17) is 0 Å². The fraction of sp³-hybridized carbons (Fsp3) is 0.565. The number of aliphatic hydroxyl groups excluding tert-OH is 1. The Balaban J connectivity index is 1.73. The number of halogens is 1. The highest BCUT2D eigenvalue weighted by Gasteiger charge is 2.45. The molecule has 0 radical (unpaired) electrons. The van der Waals surface area contributed by atoms with E-state index in [-0.39, 0.29) is 36.2 Å². The fourth-order valence-corrected chi connectivity index (χ4v) is 4.97. The molecule has 2 aliphatic heterocycles. The van der Waals surface area contributed by atoms with Crippen molar-refractivity contribution in [2.24, 2.45) is 5.92 Å². The minimum atomic E-state index is -0.369. The molecule has 2 amide bonds. The first kappa shape index (κ1) is 20.1. The first-order valence-corrected chi connectivity index (χ1v) is 10.8. The second-order valence-electron chi connectivity index (χ2n) is 8.49. The van der Waals surface area contributed by atoms with E-state index >= 15 is 0 Å². The Bertz CT molecular complexity index is 797. The number of hydrogen-bond donors (Lipinski definition) is 1. The minimum absolute atomic E-state index is 0.0659. The lowest BCUT2D eigenvalue weighted by molar-refractivity contribution is -0.140. The molecule has 1 aromatic rings. The van der Waals surface area contributed by atoms with E-state index in [0.29, 0.717) is 29.9 Å². The van der Waals surface area contributed by atoms with Crippen molar-refractivity contribution in [1.82, 2.24) is 9.80 Å². The van der Waals surface area contributed by atoms with Crippen molar-refractivity contribution in [3.8, 4) is 0 Å². The monoisotopic (exact) mass is 400 g/mol. The number of rotatable bonds is 4. The average Bonchev–Trinajstić information content (AvgIpc) is 2.90. The van der Waals surface area contributed by atoms with E-state index in [1.807, 2.05) is 4.90 Å². The van der Waals surface area contributed by atoms with Gasteiger partial charge in [0.1, 0.15) is 11.5 Å². The Labute approximate surface area is 171 Å². The van der Waals surface area contributed by atoms with E-state index in [0.717, 1.165) is 51.4 Å². The molecule has 0 bridgehead atoms. The van der Waals surface area contributed by atoms with Crippen molar-refractivity contribution >= 4 is 17.4 Å². The summed E-state index contributed by atoms with van der Waals surface area (Å²) in [5.41, 5.74) is 1.41. The quantitative estimate of drug-likeness (QED) is 0.622. The van der Waals surface area contributed by atoms with Gasteiger partial charge in [0.2, 0.25) is 0 Å². The number of likely N-dealkylation sites (tertiary alicyclic amines) is 1. The van der Waals surface area contributed by atoms with Crippen molar-refractivity contribution < 1.29 is 19.1 Å². The van der Waals surface area contributed by atoms with E-state index < -0.39 is 0 Å². The van der Waals surface area contributed by atoms with Crippen LogP contribution in [0.3, 0.4) is 0 Å². The van der Waals surface area contributed by atoms with Crippen LogP contribution in [0.4, 0.5) is 4.39 Å². The summed E-state index contributed by atoms with van der Waals surface area (Å²) in [6.45, 7) is 1.33. The zero-order valence-corrected chi connectivity index (χ0v) is 16.8. The average molecular weight is 400 g/mol. The van der Waals surface area contributed by atoms with Gasteiger partial charge in [-0.1, -0.05) is 37.8 Å². The zero-order valence-electron chi connectivity index (χ0n) is 16.8. The summed E-state index contributed by atoms with van der Waals surface area (Å²) in [6, 6.07) is 5.76. The number of piperidine rings is 1. The number of carbonyl (C=O) groups is 2. The molecule has 1 saturated carbocycles. The van der Waals surface area contributed by atoms with Crippen molar-refractivity contribution in [3.05, 3.63) is 41.3 Å². The van der Waals surface area contributed by atoms with Gasteiger partial charge in [-0.2, -0.15) is 0 Å². The summed E-state index contributed by atoms with van der Waals surface area (Å²) < 4.78 is 13.5. The second-order valence-corrected chi connectivity index (χ2v) is 8.49. The molecule has 2 heterocycles. The topological polar surface area (TPSA) is 60.9 Å². The third kappa shape index (κ3) is 3.95. The minimum Gasteiger partial charge on any atom is -0.396 e. The maximum Gasteiger partial charge on any atom is 0.278 e. The van der Waals surface area contributed by atoms with Crippen molar-refractivity contribution in [2.75, 3.05) is 19.7 Å². The van der Waals surface area contributed by atoms with Crippen molar-refractivity contribution in [3.63, 3.8) is 0 Å². The van der Waals surface area contributed by atoms with E-state index in [2.05, 4.69) is 0 Å². The summed E-state index contributed by atoms with van der Waals surface area (Å²) in [7, 11) is 0. The van der Waals surface area contributed by atoms with Crippen LogP contribution in [-0.4, -0.2) is 52.5 Å². The van der Waals surface area contributed by atoms with Crippen LogP contribution in [0.1, 0.15) is 56.9 Å². The molecule has 29 heavy (non-hydrogen) atoms.